The van der Waals surface area contributed by atoms with E-state index < -0.39 is 5.60 Å². The Bertz CT molecular complexity index is 198. The smallest absolute Gasteiger partial charge is 0.219 e. The highest BCUT2D eigenvalue weighted by Crippen LogP contribution is 2.18. The second-order valence-electron chi connectivity index (χ2n) is 2.55. The highest BCUT2D eigenvalue weighted by molar-refractivity contribution is 5.74. The fourth-order valence-electron chi connectivity index (χ4n) is 0.899. The third kappa shape index (κ3) is 0.981. The molecule has 0 saturated carbocycles. The summed E-state index contributed by atoms with van der Waals surface area (Å²) in [7, 11) is 0. The van der Waals surface area contributed by atoms with Crippen molar-refractivity contribution in [3.05, 3.63) is 0 Å². The van der Waals surface area contributed by atoms with E-state index in [0.717, 1.165) is 0 Å². The summed E-state index contributed by atoms with van der Waals surface area (Å²) in [5.74, 6) is 2.18. The van der Waals surface area contributed by atoms with Crippen molar-refractivity contribution in [2.45, 2.75) is 12.5 Å². The van der Waals surface area contributed by atoms with E-state index in [-0.39, 0.29) is 19.0 Å². The molecule has 0 bridgehead atoms. The van der Waals surface area contributed by atoms with Gasteiger partial charge in [-0.3, -0.25) is 4.79 Å². The third-order valence-corrected chi connectivity index (χ3v) is 1.62. The van der Waals surface area contributed by atoms with Crippen LogP contribution >= 0.6 is 0 Å². The van der Waals surface area contributed by atoms with Crippen molar-refractivity contribution in [2.75, 3.05) is 13.1 Å². The lowest BCUT2D eigenvalue weighted by molar-refractivity contribution is -0.144. The van der Waals surface area contributed by atoms with Crippen LogP contribution in [-0.2, 0) is 4.79 Å². The molecule has 0 aromatic carbocycles. The minimum Gasteiger partial charge on any atom is -0.374 e. The van der Waals surface area contributed by atoms with Crippen molar-refractivity contribution in [2.24, 2.45) is 0 Å². The lowest BCUT2D eigenvalue weighted by Gasteiger charge is -2.42. The number of nitrogens with zero attached hydrogens (tertiary/aromatic N) is 1. The van der Waals surface area contributed by atoms with Crippen LogP contribution in [0.1, 0.15) is 6.92 Å². The van der Waals surface area contributed by atoms with Gasteiger partial charge < -0.3 is 10.0 Å². The molecular formula is C7H9NO2. The van der Waals surface area contributed by atoms with Crippen molar-refractivity contribution in [1.29, 1.82) is 0 Å². The molecule has 0 radical (unpaired) electrons. The van der Waals surface area contributed by atoms with E-state index >= 15 is 0 Å². The second kappa shape index (κ2) is 1.99. The average molecular weight is 139 g/mol. The molecule has 1 fully saturated rings. The summed E-state index contributed by atoms with van der Waals surface area (Å²) in [5.41, 5.74) is -1.05. The Labute approximate surface area is 59.6 Å². The zero-order chi connectivity index (χ0) is 7.78. The Hall–Kier alpha value is -1.01. The molecule has 1 rings (SSSR count). The van der Waals surface area contributed by atoms with Gasteiger partial charge in [-0.2, -0.15) is 0 Å². The molecule has 0 aromatic heterocycles. The molecule has 0 aromatic rings. The lowest BCUT2D eigenvalue weighted by atomic mass is 9.96. The van der Waals surface area contributed by atoms with Gasteiger partial charge in [0, 0.05) is 6.92 Å². The second-order valence-corrected chi connectivity index (χ2v) is 2.55. The van der Waals surface area contributed by atoms with Crippen molar-refractivity contribution < 1.29 is 9.90 Å². The van der Waals surface area contributed by atoms with Crippen LogP contribution in [0.15, 0.2) is 0 Å². The van der Waals surface area contributed by atoms with Crippen LogP contribution in [0.25, 0.3) is 0 Å². The first-order valence-electron chi connectivity index (χ1n) is 3.03. The van der Waals surface area contributed by atoms with Crippen LogP contribution in [0.4, 0.5) is 0 Å². The molecule has 1 N–H and O–H groups in total. The SMILES string of the molecule is C#CC1(O)CN(C(C)=O)C1. The number of rotatable bonds is 0. The van der Waals surface area contributed by atoms with Crippen molar-refractivity contribution >= 4 is 5.91 Å². The molecule has 3 heteroatoms. The number of terminal acetylenes is 1. The van der Waals surface area contributed by atoms with Crippen LogP contribution < -0.4 is 0 Å². The van der Waals surface area contributed by atoms with Gasteiger partial charge in [-0.05, 0) is 0 Å². The van der Waals surface area contributed by atoms with Crippen LogP contribution in [0.2, 0.25) is 0 Å². The minimum absolute atomic E-state index is 0.0417. The summed E-state index contributed by atoms with van der Waals surface area (Å²) in [4.78, 5) is 12.1. The van der Waals surface area contributed by atoms with E-state index in [2.05, 4.69) is 5.92 Å². The predicted molar refractivity (Wildman–Crippen MR) is 36.0 cm³/mol. The molecule has 0 unspecified atom stereocenters. The lowest BCUT2D eigenvalue weighted by Crippen LogP contribution is -2.62. The number of likely N-dealkylation sites (tertiary alicyclic amines) is 1. The molecule has 54 valence electrons. The summed E-state index contributed by atoms with van der Waals surface area (Å²) in [6.07, 6.45) is 4.99. The van der Waals surface area contributed by atoms with Crippen LogP contribution in [0, 0.1) is 12.3 Å². The first-order chi connectivity index (χ1) is 4.57. The number of aliphatic hydroxyl groups is 1. The zero-order valence-electron chi connectivity index (χ0n) is 5.79. The zero-order valence-corrected chi connectivity index (χ0v) is 5.79. The third-order valence-electron chi connectivity index (χ3n) is 1.62. The summed E-state index contributed by atoms with van der Waals surface area (Å²) in [6.45, 7) is 2.01. The Morgan fingerprint density at radius 3 is 2.60 bits per heavy atom. The van der Waals surface area contributed by atoms with Gasteiger partial charge in [0.05, 0.1) is 13.1 Å². The van der Waals surface area contributed by atoms with Gasteiger partial charge in [-0.15, -0.1) is 6.42 Å². The standard InChI is InChI=1S/C7H9NO2/c1-3-7(10)4-8(5-7)6(2)9/h1,10H,4-5H2,2H3. The monoisotopic (exact) mass is 139 g/mol. The van der Waals surface area contributed by atoms with Gasteiger partial charge in [-0.25, -0.2) is 0 Å². The Morgan fingerprint density at radius 2 is 2.30 bits per heavy atom. The quantitative estimate of drug-likeness (QED) is 0.447. The van der Waals surface area contributed by atoms with E-state index in [1.54, 1.807) is 0 Å². The number of β-amino-alcohol motifs (C(OH)–C–C–N with tert-alkyl or cyclic N) is 1. The van der Waals surface area contributed by atoms with Gasteiger partial charge in [0.15, 0.2) is 5.60 Å². The fraction of sp³-hybridized carbons (Fsp3) is 0.571. The largest absolute Gasteiger partial charge is 0.374 e. The Morgan fingerprint density at radius 1 is 1.80 bits per heavy atom. The molecule has 1 saturated heterocycles. The maximum absolute atomic E-state index is 10.6. The van der Waals surface area contributed by atoms with Gasteiger partial charge >= 0.3 is 0 Å². The summed E-state index contributed by atoms with van der Waals surface area (Å²) < 4.78 is 0. The number of carbonyl (C=O) groups is 1. The van der Waals surface area contributed by atoms with E-state index in [4.69, 9.17) is 6.42 Å². The van der Waals surface area contributed by atoms with Crippen molar-refractivity contribution in [1.82, 2.24) is 4.90 Å². The highest BCUT2D eigenvalue weighted by atomic mass is 16.3. The van der Waals surface area contributed by atoms with Crippen molar-refractivity contribution in [3.63, 3.8) is 0 Å². The first kappa shape index (κ1) is 7.10. The molecule has 10 heavy (non-hydrogen) atoms. The number of hydrogen-bond acceptors (Lipinski definition) is 2. The predicted octanol–water partition coefficient (Wildman–Crippen LogP) is -0.787. The molecule has 0 spiro atoms. The molecule has 0 aliphatic carbocycles. The van der Waals surface area contributed by atoms with E-state index in [9.17, 15) is 9.90 Å². The molecule has 1 heterocycles. The van der Waals surface area contributed by atoms with Crippen LogP contribution in [0.3, 0.4) is 0 Å². The first-order valence-corrected chi connectivity index (χ1v) is 3.03. The highest BCUT2D eigenvalue weighted by Gasteiger charge is 2.40. The van der Waals surface area contributed by atoms with Gasteiger partial charge in [0.2, 0.25) is 5.91 Å². The van der Waals surface area contributed by atoms with Crippen molar-refractivity contribution in [3.8, 4) is 12.3 Å². The average Bonchev–Trinajstić information content (AvgIpc) is 1.80. The van der Waals surface area contributed by atoms with Gasteiger partial charge in [0.25, 0.3) is 0 Å². The molecule has 0 atom stereocenters. The van der Waals surface area contributed by atoms with Crippen LogP contribution in [0.5, 0.6) is 0 Å². The summed E-state index contributed by atoms with van der Waals surface area (Å²) in [6, 6.07) is 0. The van der Waals surface area contributed by atoms with Gasteiger partial charge in [0.1, 0.15) is 0 Å². The van der Waals surface area contributed by atoms with Crippen LogP contribution in [-0.4, -0.2) is 34.6 Å². The summed E-state index contributed by atoms with van der Waals surface area (Å²) in [5, 5.41) is 9.21. The van der Waals surface area contributed by atoms with Gasteiger partial charge in [-0.1, -0.05) is 5.92 Å². The summed E-state index contributed by atoms with van der Waals surface area (Å²) >= 11 is 0. The topological polar surface area (TPSA) is 40.5 Å². The Kier molecular flexibility index (Phi) is 1.42. The Balaban J connectivity index is 2.46. The normalized spacial score (nSPS) is 21.1. The maximum Gasteiger partial charge on any atom is 0.219 e. The molecule has 1 aliphatic rings. The molecule has 1 aliphatic heterocycles. The molecular weight excluding hydrogens is 130 g/mol. The van der Waals surface area contributed by atoms with E-state index in [0.29, 0.717) is 0 Å². The number of carbonyl (C=O) groups excluding carboxylic acids is 1. The van der Waals surface area contributed by atoms with E-state index in [1.165, 1.54) is 11.8 Å². The maximum atomic E-state index is 10.6. The minimum atomic E-state index is -1.05. The number of hydrogen-bond donors (Lipinski definition) is 1. The molecule has 1 amide bonds. The molecule has 3 nitrogen and oxygen atoms in total. The number of amides is 1. The van der Waals surface area contributed by atoms with E-state index in [1.807, 2.05) is 0 Å². The fourth-order valence-corrected chi connectivity index (χ4v) is 0.899.